The molecule has 2 heterocycles. The lowest BCUT2D eigenvalue weighted by Crippen LogP contribution is -2.14. The quantitative estimate of drug-likeness (QED) is 0.760. The van der Waals surface area contributed by atoms with Crippen LogP contribution in [0.15, 0.2) is 40.9 Å². The van der Waals surface area contributed by atoms with E-state index in [2.05, 4.69) is 20.6 Å². The van der Waals surface area contributed by atoms with E-state index in [1.54, 1.807) is 16.9 Å². The average molecular weight is 365 g/mol. The Morgan fingerprint density at radius 3 is 2.42 bits per heavy atom. The van der Waals surface area contributed by atoms with Crippen molar-refractivity contribution in [3.63, 3.8) is 0 Å². The number of alkyl halides is 3. The third-order valence-electron chi connectivity index (χ3n) is 3.47. The van der Waals surface area contributed by atoms with Crippen LogP contribution in [0.3, 0.4) is 0 Å². The largest absolute Gasteiger partial charge is 0.416 e. The zero-order chi connectivity index (χ0) is 18.9. The number of amides is 1. The molecule has 3 rings (SSSR count). The molecule has 0 aliphatic heterocycles. The summed E-state index contributed by atoms with van der Waals surface area (Å²) >= 11 is 0. The first-order valence-electron chi connectivity index (χ1n) is 7.61. The number of nitrogens with one attached hydrogen (secondary N) is 1. The van der Waals surface area contributed by atoms with Crippen LogP contribution < -0.4 is 5.32 Å². The SMILES string of the molecule is CC(C)n1ccc(C(=O)Nc2nnc(-c3ccc(C(F)(F)F)cc3)o2)n1. The first-order valence-corrected chi connectivity index (χ1v) is 7.61. The molecule has 0 atom stereocenters. The smallest absolute Gasteiger partial charge is 0.403 e. The number of hydrogen-bond donors (Lipinski definition) is 1. The Balaban J connectivity index is 1.72. The fraction of sp³-hybridized carbons (Fsp3) is 0.250. The fourth-order valence-corrected chi connectivity index (χ4v) is 2.10. The Morgan fingerprint density at radius 1 is 1.15 bits per heavy atom. The van der Waals surface area contributed by atoms with Gasteiger partial charge in [-0.2, -0.15) is 18.3 Å². The summed E-state index contributed by atoms with van der Waals surface area (Å²) in [5.74, 6) is -0.547. The molecule has 7 nitrogen and oxygen atoms in total. The first kappa shape index (κ1) is 17.6. The van der Waals surface area contributed by atoms with Gasteiger partial charge in [0.15, 0.2) is 5.69 Å². The summed E-state index contributed by atoms with van der Waals surface area (Å²) in [5, 5.41) is 13.9. The van der Waals surface area contributed by atoms with E-state index in [1.807, 2.05) is 13.8 Å². The maximum atomic E-state index is 12.6. The maximum absolute atomic E-state index is 12.6. The highest BCUT2D eigenvalue weighted by atomic mass is 19.4. The van der Waals surface area contributed by atoms with Crippen LogP contribution in [0, 0.1) is 0 Å². The lowest BCUT2D eigenvalue weighted by molar-refractivity contribution is -0.137. The van der Waals surface area contributed by atoms with E-state index in [9.17, 15) is 18.0 Å². The van der Waals surface area contributed by atoms with E-state index < -0.39 is 17.6 Å². The van der Waals surface area contributed by atoms with Crippen LogP contribution in [0.4, 0.5) is 19.2 Å². The summed E-state index contributed by atoms with van der Waals surface area (Å²) in [7, 11) is 0. The molecule has 0 radical (unpaired) electrons. The number of carbonyl (C=O) groups is 1. The van der Waals surface area contributed by atoms with Crippen LogP contribution in [0.2, 0.25) is 0 Å². The zero-order valence-electron chi connectivity index (χ0n) is 13.8. The first-order chi connectivity index (χ1) is 12.2. The van der Waals surface area contributed by atoms with Crippen molar-refractivity contribution in [2.24, 2.45) is 0 Å². The summed E-state index contributed by atoms with van der Waals surface area (Å²) in [4.78, 5) is 12.1. The van der Waals surface area contributed by atoms with Crippen molar-refractivity contribution in [3.8, 4) is 11.5 Å². The predicted octanol–water partition coefficient (Wildman–Crippen LogP) is 3.79. The summed E-state index contributed by atoms with van der Waals surface area (Å²) in [6, 6.07) is 5.73. The molecule has 3 aromatic rings. The van der Waals surface area contributed by atoms with Gasteiger partial charge in [-0.15, -0.1) is 5.10 Å². The van der Waals surface area contributed by atoms with Crippen LogP contribution in [-0.2, 0) is 6.18 Å². The number of hydrogen-bond acceptors (Lipinski definition) is 5. The van der Waals surface area contributed by atoms with Crippen molar-refractivity contribution in [3.05, 3.63) is 47.8 Å². The number of benzene rings is 1. The van der Waals surface area contributed by atoms with Crippen molar-refractivity contribution in [1.82, 2.24) is 20.0 Å². The van der Waals surface area contributed by atoms with E-state index >= 15 is 0 Å². The van der Waals surface area contributed by atoms with Gasteiger partial charge in [0.2, 0.25) is 5.89 Å². The van der Waals surface area contributed by atoms with Crippen LogP contribution in [0.1, 0.15) is 35.9 Å². The van der Waals surface area contributed by atoms with Gasteiger partial charge in [0, 0.05) is 17.8 Å². The van der Waals surface area contributed by atoms with Gasteiger partial charge in [0.1, 0.15) is 0 Å². The third kappa shape index (κ3) is 3.73. The molecule has 136 valence electrons. The molecule has 0 spiro atoms. The number of carbonyl (C=O) groups excluding carboxylic acids is 1. The predicted molar refractivity (Wildman–Crippen MR) is 85.3 cm³/mol. The number of halogens is 3. The molecule has 26 heavy (non-hydrogen) atoms. The van der Waals surface area contributed by atoms with Crippen LogP contribution >= 0.6 is 0 Å². The minimum Gasteiger partial charge on any atom is -0.403 e. The molecule has 2 aromatic heterocycles. The van der Waals surface area contributed by atoms with E-state index in [-0.39, 0.29) is 23.6 Å². The third-order valence-corrected chi connectivity index (χ3v) is 3.47. The van der Waals surface area contributed by atoms with Crippen LogP contribution in [-0.4, -0.2) is 25.9 Å². The van der Waals surface area contributed by atoms with E-state index in [1.165, 1.54) is 12.1 Å². The molecule has 1 amide bonds. The van der Waals surface area contributed by atoms with Gasteiger partial charge in [-0.3, -0.25) is 14.8 Å². The molecular weight excluding hydrogens is 351 g/mol. The molecule has 1 N–H and O–H groups in total. The topological polar surface area (TPSA) is 85.8 Å². The second-order valence-electron chi connectivity index (χ2n) is 5.72. The normalized spacial score (nSPS) is 11.8. The second-order valence-corrected chi connectivity index (χ2v) is 5.72. The summed E-state index contributed by atoms with van der Waals surface area (Å²) in [5.41, 5.74) is -0.307. The highest BCUT2D eigenvalue weighted by Crippen LogP contribution is 2.30. The molecule has 0 saturated heterocycles. The minimum absolute atomic E-state index is 0.0123. The fourth-order valence-electron chi connectivity index (χ4n) is 2.10. The molecule has 0 aliphatic rings. The maximum Gasteiger partial charge on any atom is 0.416 e. The minimum atomic E-state index is -4.42. The van der Waals surface area contributed by atoms with Crippen LogP contribution in [0.5, 0.6) is 0 Å². The van der Waals surface area contributed by atoms with Gasteiger partial charge in [-0.25, -0.2) is 0 Å². The number of aromatic nitrogens is 4. The number of nitrogens with zero attached hydrogens (tertiary/aromatic N) is 4. The molecule has 0 unspecified atom stereocenters. The second kappa shape index (κ2) is 6.62. The zero-order valence-corrected chi connectivity index (χ0v) is 13.8. The Kier molecular flexibility index (Phi) is 4.49. The standard InChI is InChI=1S/C16H14F3N5O2/c1-9(2)24-8-7-12(23-24)13(25)20-15-22-21-14(26-15)10-3-5-11(6-4-10)16(17,18)19/h3-9H,1-2H3,(H,20,22,25). The molecule has 0 aliphatic carbocycles. The van der Waals surface area contributed by atoms with Gasteiger partial charge in [0.25, 0.3) is 5.91 Å². The molecule has 0 fully saturated rings. The molecule has 1 aromatic carbocycles. The van der Waals surface area contributed by atoms with Gasteiger partial charge in [-0.1, -0.05) is 5.10 Å². The van der Waals surface area contributed by atoms with E-state index in [4.69, 9.17) is 4.42 Å². The summed E-state index contributed by atoms with van der Waals surface area (Å²) < 4.78 is 44.6. The Labute approximate surface area is 145 Å². The van der Waals surface area contributed by atoms with Crippen LogP contribution in [0.25, 0.3) is 11.5 Å². The number of rotatable bonds is 4. The Bertz CT molecular complexity index is 913. The average Bonchev–Trinajstić information content (AvgIpc) is 3.23. The Morgan fingerprint density at radius 2 is 1.85 bits per heavy atom. The molecular formula is C16H14F3N5O2. The lowest BCUT2D eigenvalue weighted by Gasteiger charge is -2.05. The van der Waals surface area contributed by atoms with E-state index in [0.29, 0.717) is 5.56 Å². The monoisotopic (exact) mass is 365 g/mol. The lowest BCUT2D eigenvalue weighted by atomic mass is 10.1. The van der Waals surface area contributed by atoms with Crippen molar-refractivity contribution in [2.75, 3.05) is 5.32 Å². The number of anilines is 1. The van der Waals surface area contributed by atoms with Crippen molar-refractivity contribution >= 4 is 11.9 Å². The molecule has 0 bridgehead atoms. The molecule has 0 saturated carbocycles. The van der Waals surface area contributed by atoms with Crippen molar-refractivity contribution in [1.29, 1.82) is 0 Å². The van der Waals surface area contributed by atoms with Crippen molar-refractivity contribution in [2.45, 2.75) is 26.1 Å². The van der Waals surface area contributed by atoms with Gasteiger partial charge >= 0.3 is 12.2 Å². The van der Waals surface area contributed by atoms with Gasteiger partial charge in [0.05, 0.1) is 5.56 Å². The summed E-state index contributed by atoms with van der Waals surface area (Å²) in [6.07, 6.45) is -2.76. The van der Waals surface area contributed by atoms with Crippen molar-refractivity contribution < 1.29 is 22.4 Å². The highest BCUT2D eigenvalue weighted by molar-refractivity contribution is 6.01. The summed E-state index contributed by atoms with van der Waals surface area (Å²) in [6.45, 7) is 3.84. The Hall–Kier alpha value is -3.17. The van der Waals surface area contributed by atoms with Gasteiger partial charge in [-0.05, 0) is 44.2 Å². The molecule has 10 heteroatoms. The van der Waals surface area contributed by atoms with E-state index in [0.717, 1.165) is 12.1 Å². The highest BCUT2D eigenvalue weighted by Gasteiger charge is 2.30. The van der Waals surface area contributed by atoms with Gasteiger partial charge < -0.3 is 4.42 Å².